The molecular weight excluding hydrogens is 190 g/mol. The van der Waals surface area contributed by atoms with Gasteiger partial charge in [-0.2, -0.15) is 5.10 Å². The molecule has 5 nitrogen and oxygen atoms in total. The first kappa shape index (κ1) is 9.51. The van der Waals surface area contributed by atoms with Gasteiger partial charge in [0.1, 0.15) is 11.6 Å². The van der Waals surface area contributed by atoms with Gasteiger partial charge in [-0.15, -0.1) is 5.10 Å². The molecule has 76 valence electrons. The van der Waals surface area contributed by atoms with Crippen molar-refractivity contribution in [2.24, 2.45) is 0 Å². The molecule has 0 atom stereocenters. The lowest BCUT2D eigenvalue weighted by Gasteiger charge is -2.04. The highest BCUT2D eigenvalue weighted by Crippen LogP contribution is 2.10. The van der Waals surface area contributed by atoms with Crippen molar-refractivity contribution in [3.05, 3.63) is 35.9 Å². The van der Waals surface area contributed by atoms with Gasteiger partial charge in [-0.3, -0.25) is 0 Å². The summed E-state index contributed by atoms with van der Waals surface area (Å²) in [6, 6.07) is 3.70. The summed E-state index contributed by atoms with van der Waals surface area (Å²) in [7, 11) is 0. The van der Waals surface area contributed by atoms with Crippen LogP contribution in [-0.4, -0.2) is 20.2 Å². The highest BCUT2D eigenvalue weighted by Gasteiger charge is 1.98. The zero-order chi connectivity index (χ0) is 10.7. The van der Waals surface area contributed by atoms with Crippen LogP contribution in [0.5, 0.6) is 0 Å². The maximum atomic E-state index is 4.21. The van der Waals surface area contributed by atoms with Crippen LogP contribution in [0.1, 0.15) is 11.4 Å². The molecule has 2 heterocycles. The van der Waals surface area contributed by atoms with Crippen molar-refractivity contribution < 1.29 is 0 Å². The fraction of sp³-hybridized carbons (Fsp3) is 0.200. The number of anilines is 2. The molecule has 2 rings (SSSR count). The Morgan fingerprint density at radius 3 is 2.80 bits per heavy atom. The molecule has 5 heteroatoms. The van der Waals surface area contributed by atoms with E-state index in [-0.39, 0.29) is 0 Å². The quantitative estimate of drug-likeness (QED) is 0.800. The van der Waals surface area contributed by atoms with Crippen molar-refractivity contribution in [2.75, 3.05) is 5.32 Å². The van der Waals surface area contributed by atoms with Gasteiger partial charge in [0.15, 0.2) is 5.82 Å². The van der Waals surface area contributed by atoms with Gasteiger partial charge in [-0.05, 0) is 31.5 Å². The molecular formula is C10H11N5. The molecule has 15 heavy (non-hydrogen) atoms. The minimum absolute atomic E-state index is 0.688. The number of aryl methyl sites for hydroxylation is 2. The molecule has 0 radical (unpaired) electrons. The molecule has 2 aromatic heterocycles. The molecule has 0 saturated carbocycles. The Kier molecular flexibility index (Phi) is 2.53. The molecule has 0 aliphatic rings. The summed E-state index contributed by atoms with van der Waals surface area (Å²) in [4.78, 5) is 8.22. The van der Waals surface area contributed by atoms with Crippen LogP contribution < -0.4 is 5.32 Å². The smallest absolute Gasteiger partial charge is 0.154 e. The molecule has 0 aliphatic carbocycles. The highest BCUT2D eigenvalue weighted by molar-refractivity contribution is 5.50. The molecule has 0 aliphatic heterocycles. The van der Waals surface area contributed by atoms with Crippen LogP contribution in [0.15, 0.2) is 24.5 Å². The van der Waals surface area contributed by atoms with Gasteiger partial charge in [-0.25, -0.2) is 9.97 Å². The molecule has 0 spiro atoms. The second-order valence-electron chi connectivity index (χ2n) is 3.23. The van der Waals surface area contributed by atoms with Crippen LogP contribution >= 0.6 is 0 Å². The van der Waals surface area contributed by atoms with Crippen LogP contribution in [0, 0.1) is 13.8 Å². The molecule has 0 fully saturated rings. The third kappa shape index (κ3) is 2.46. The van der Waals surface area contributed by atoms with Crippen LogP contribution in [0.2, 0.25) is 0 Å². The number of hydrogen-bond acceptors (Lipinski definition) is 5. The Morgan fingerprint density at radius 1 is 1.20 bits per heavy atom. The van der Waals surface area contributed by atoms with Crippen LogP contribution in [0.4, 0.5) is 11.6 Å². The summed E-state index contributed by atoms with van der Waals surface area (Å²) < 4.78 is 0. The first-order valence-electron chi connectivity index (χ1n) is 4.60. The molecule has 0 aromatic carbocycles. The van der Waals surface area contributed by atoms with Gasteiger partial charge in [0.05, 0.1) is 6.20 Å². The van der Waals surface area contributed by atoms with E-state index in [4.69, 9.17) is 0 Å². The van der Waals surface area contributed by atoms with Gasteiger partial charge >= 0.3 is 0 Å². The summed E-state index contributed by atoms with van der Waals surface area (Å²) in [5, 5.41) is 10.9. The van der Waals surface area contributed by atoms with Gasteiger partial charge in [0.25, 0.3) is 0 Å². The standard InChI is InChI=1S/C10H11N5/c1-7-5-10(15-12-6-7)14-9-3-4-11-8(2)13-9/h3-6H,1-2H3,(H,11,13,14,15). The summed E-state index contributed by atoms with van der Waals surface area (Å²) in [5.41, 5.74) is 1.05. The fourth-order valence-corrected chi connectivity index (χ4v) is 1.18. The second-order valence-corrected chi connectivity index (χ2v) is 3.23. The third-order valence-corrected chi connectivity index (χ3v) is 1.82. The molecule has 0 amide bonds. The molecule has 0 saturated heterocycles. The van der Waals surface area contributed by atoms with Crippen LogP contribution in [0.3, 0.4) is 0 Å². The van der Waals surface area contributed by atoms with E-state index in [1.165, 1.54) is 0 Å². The van der Waals surface area contributed by atoms with E-state index in [1.54, 1.807) is 18.5 Å². The Bertz CT molecular complexity index is 425. The number of nitrogens with zero attached hydrogens (tertiary/aromatic N) is 4. The van der Waals surface area contributed by atoms with Crippen molar-refractivity contribution in [2.45, 2.75) is 13.8 Å². The zero-order valence-electron chi connectivity index (χ0n) is 8.60. The molecule has 1 N–H and O–H groups in total. The van der Waals surface area contributed by atoms with Crippen LogP contribution in [0.25, 0.3) is 0 Å². The van der Waals surface area contributed by atoms with E-state index in [9.17, 15) is 0 Å². The Hall–Kier alpha value is -2.04. The predicted octanol–water partition coefficient (Wildman–Crippen LogP) is 1.63. The van der Waals surface area contributed by atoms with E-state index >= 15 is 0 Å². The van der Waals surface area contributed by atoms with Crippen molar-refractivity contribution in [3.63, 3.8) is 0 Å². The summed E-state index contributed by atoms with van der Waals surface area (Å²) in [5.74, 6) is 2.14. The largest absolute Gasteiger partial charge is 0.323 e. The Labute approximate surface area is 87.6 Å². The maximum absolute atomic E-state index is 4.21. The summed E-state index contributed by atoms with van der Waals surface area (Å²) in [6.07, 6.45) is 3.41. The first-order valence-corrected chi connectivity index (χ1v) is 4.60. The van der Waals surface area contributed by atoms with E-state index in [1.807, 2.05) is 19.9 Å². The first-order chi connectivity index (χ1) is 7.24. The normalized spacial score (nSPS) is 10.0. The topological polar surface area (TPSA) is 63.6 Å². The third-order valence-electron chi connectivity index (χ3n) is 1.82. The molecule has 0 bridgehead atoms. The SMILES string of the molecule is Cc1cnnc(Nc2ccnc(C)n2)c1. The van der Waals surface area contributed by atoms with E-state index in [2.05, 4.69) is 25.5 Å². The minimum atomic E-state index is 0.688. The van der Waals surface area contributed by atoms with Gasteiger partial charge in [0.2, 0.25) is 0 Å². The van der Waals surface area contributed by atoms with Gasteiger partial charge in [0, 0.05) is 6.20 Å². The number of aromatic nitrogens is 4. The van der Waals surface area contributed by atoms with Crippen molar-refractivity contribution in [1.29, 1.82) is 0 Å². The summed E-state index contributed by atoms with van der Waals surface area (Å²) in [6.45, 7) is 3.80. The van der Waals surface area contributed by atoms with E-state index in [0.717, 1.165) is 17.2 Å². The Morgan fingerprint density at radius 2 is 2.07 bits per heavy atom. The minimum Gasteiger partial charge on any atom is -0.323 e. The molecule has 2 aromatic rings. The maximum Gasteiger partial charge on any atom is 0.154 e. The van der Waals surface area contributed by atoms with E-state index < -0.39 is 0 Å². The average molecular weight is 201 g/mol. The summed E-state index contributed by atoms with van der Waals surface area (Å²) >= 11 is 0. The van der Waals surface area contributed by atoms with Gasteiger partial charge < -0.3 is 5.32 Å². The monoisotopic (exact) mass is 201 g/mol. The lowest BCUT2D eigenvalue weighted by molar-refractivity contribution is 1.01. The number of nitrogens with one attached hydrogen (secondary N) is 1. The highest BCUT2D eigenvalue weighted by atomic mass is 15.2. The molecule has 0 unspecified atom stereocenters. The Balaban J connectivity index is 2.22. The lowest BCUT2D eigenvalue weighted by atomic mass is 10.3. The average Bonchev–Trinajstić information content (AvgIpc) is 2.17. The predicted molar refractivity (Wildman–Crippen MR) is 56.8 cm³/mol. The van der Waals surface area contributed by atoms with Crippen LogP contribution in [-0.2, 0) is 0 Å². The lowest BCUT2D eigenvalue weighted by Crippen LogP contribution is -1.99. The van der Waals surface area contributed by atoms with Crippen molar-refractivity contribution in [3.8, 4) is 0 Å². The number of rotatable bonds is 2. The van der Waals surface area contributed by atoms with E-state index in [0.29, 0.717) is 5.82 Å². The van der Waals surface area contributed by atoms with Crippen molar-refractivity contribution in [1.82, 2.24) is 20.2 Å². The zero-order valence-corrected chi connectivity index (χ0v) is 8.60. The van der Waals surface area contributed by atoms with Crippen molar-refractivity contribution >= 4 is 11.6 Å². The second kappa shape index (κ2) is 4.00. The number of hydrogen-bond donors (Lipinski definition) is 1. The fourth-order valence-electron chi connectivity index (χ4n) is 1.18. The van der Waals surface area contributed by atoms with Gasteiger partial charge in [-0.1, -0.05) is 0 Å².